The van der Waals surface area contributed by atoms with E-state index in [0.29, 0.717) is 5.92 Å². The largest absolute Gasteiger partial charge is 0.322 e. The number of rotatable bonds is 3. The second-order valence-corrected chi connectivity index (χ2v) is 5.61. The maximum Gasteiger partial charge on any atom is 0.112 e. The summed E-state index contributed by atoms with van der Waals surface area (Å²) in [7, 11) is 0. The Labute approximate surface area is 104 Å². The first kappa shape index (κ1) is 12.2. The zero-order valence-electron chi connectivity index (χ0n) is 11.5. The van der Waals surface area contributed by atoms with Crippen molar-refractivity contribution >= 4 is 11.0 Å². The van der Waals surface area contributed by atoms with Gasteiger partial charge in [0.05, 0.1) is 11.0 Å². The third-order valence-electron chi connectivity index (χ3n) is 3.57. The zero-order chi connectivity index (χ0) is 12.6. The van der Waals surface area contributed by atoms with Gasteiger partial charge in [-0.2, -0.15) is 0 Å². The molecule has 2 rings (SSSR count). The minimum atomic E-state index is 0.121. The van der Waals surface area contributed by atoms with E-state index in [-0.39, 0.29) is 5.54 Å². The van der Waals surface area contributed by atoms with Gasteiger partial charge in [0.2, 0.25) is 0 Å². The Bertz CT molecular complexity index is 521. The van der Waals surface area contributed by atoms with Crippen LogP contribution in [-0.4, -0.2) is 9.55 Å². The highest BCUT2D eigenvalue weighted by Gasteiger charge is 2.25. The molecule has 0 radical (unpaired) electrons. The summed E-state index contributed by atoms with van der Waals surface area (Å²) in [6.07, 6.45) is 1.10. The molecule has 92 valence electrons. The first-order valence-corrected chi connectivity index (χ1v) is 6.45. The molecule has 0 aliphatic carbocycles. The van der Waals surface area contributed by atoms with Crippen LogP contribution in [0.25, 0.3) is 11.0 Å². The van der Waals surface area contributed by atoms with Gasteiger partial charge in [0.1, 0.15) is 5.82 Å². The molecular formula is C15H22N2. The fraction of sp³-hybridized carbons (Fsp3) is 0.533. The van der Waals surface area contributed by atoms with Crippen molar-refractivity contribution in [3.05, 3.63) is 30.1 Å². The van der Waals surface area contributed by atoms with Crippen molar-refractivity contribution in [3.8, 4) is 0 Å². The van der Waals surface area contributed by atoms with Crippen LogP contribution in [0.2, 0.25) is 0 Å². The maximum atomic E-state index is 4.79. The van der Waals surface area contributed by atoms with Crippen molar-refractivity contribution in [1.82, 2.24) is 9.55 Å². The van der Waals surface area contributed by atoms with Crippen LogP contribution in [0.1, 0.15) is 52.8 Å². The van der Waals surface area contributed by atoms with E-state index in [2.05, 4.69) is 63.5 Å². The summed E-state index contributed by atoms with van der Waals surface area (Å²) >= 11 is 0. The highest BCUT2D eigenvalue weighted by molar-refractivity contribution is 5.76. The van der Waals surface area contributed by atoms with Crippen molar-refractivity contribution < 1.29 is 0 Å². The normalized spacial score (nSPS) is 12.6. The van der Waals surface area contributed by atoms with Gasteiger partial charge >= 0.3 is 0 Å². The Kier molecular flexibility index (Phi) is 2.98. The van der Waals surface area contributed by atoms with Crippen LogP contribution in [0.4, 0.5) is 0 Å². The third-order valence-corrected chi connectivity index (χ3v) is 3.57. The van der Waals surface area contributed by atoms with Crippen LogP contribution in [0, 0.1) is 0 Å². The number of nitrogens with zero attached hydrogens (tertiary/aromatic N) is 2. The molecule has 2 heteroatoms. The second kappa shape index (κ2) is 4.17. The van der Waals surface area contributed by atoms with Gasteiger partial charge in [-0.25, -0.2) is 4.98 Å². The molecule has 2 nitrogen and oxygen atoms in total. The summed E-state index contributed by atoms with van der Waals surface area (Å²) in [5.41, 5.74) is 2.48. The lowest BCUT2D eigenvalue weighted by molar-refractivity contribution is 0.337. The quantitative estimate of drug-likeness (QED) is 0.768. The van der Waals surface area contributed by atoms with E-state index in [1.165, 1.54) is 11.3 Å². The van der Waals surface area contributed by atoms with Crippen LogP contribution in [-0.2, 0) is 5.54 Å². The van der Waals surface area contributed by atoms with Crippen LogP contribution in [0.3, 0.4) is 0 Å². The van der Waals surface area contributed by atoms with Gasteiger partial charge in [-0.1, -0.05) is 32.9 Å². The van der Waals surface area contributed by atoms with Gasteiger partial charge in [-0.3, -0.25) is 0 Å². The lowest BCUT2D eigenvalue weighted by atomic mass is 10.00. The molecule has 1 heterocycles. The molecule has 0 spiro atoms. The van der Waals surface area contributed by atoms with Gasteiger partial charge in [0.15, 0.2) is 0 Å². The zero-order valence-corrected chi connectivity index (χ0v) is 11.5. The molecule has 0 aliphatic heterocycles. The van der Waals surface area contributed by atoms with E-state index < -0.39 is 0 Å². The first-order chi connectivity index (χ1) is 7.97. The average Bonchev–Trinajstić information content (AvgIpc) is 2.69. The van der Waals surface area contributed by atoms with Gasteiger partial charge < -0.3 is 4.57 Å². The van der Waals surface area contributed by atoms with Gasteiger partial charge in [0, 0.05) is 11.5 Å². The highest BCUT2D eigenvalue weighted by Crippen LogP contribution is 2.30. The average molecular weight is 230 g/mol. The minimum Gasteiger partial charge on any atom is -0.322 e. The molecule has 0 bridgehead atoms. The Morgan fingerprint density at radius 1 is 1.24 bits per heavy atom. The Morgan fingerprint density at radius 3 is 2.47 bits per heavy atom. The molecule has 0 aliphatic rings. The molecule has 0 saturated heterocycles. The van der Waals surface area contributed by atoms with Crippen LogP contribution < -0.4 is 0 Å². The van der Waals surface area contributed by atoms with Crippen molar-refractivity contribution in [1.29, 1.82) is 0 Å². The van der Waals surface area contributed by atoms with Gasteiger partial charge in [0.25, 0.3) is 0 Å². The van der Waals surface area contributed by atoms with E-state index in [9.17, 15) is 0 Å². The third kappa shape index (κ3) is 1.97. The highest BCUT2D eigenvalue weighted by atomic mass is 15.1. The molecule has 2 aromatic rings. The topological polar surface area (TPSA) is 17.8 Å². The first-order valence-electron chi connectivity index (χ1n) is 6.45. The smallest absolute Gasteiger partial charge is 0.112 e. The SMILES string of the molecule is CCC(C)(C)n1c(C(C)C)nc2ccccc21. The Hall–Kier alpha value is -1.31. The standard InChI is InChI=1S/C15H22N2/c1-6-15(4,5)17-13-10-8-7-9-12(13)16-14(17)11(2)3/h7-11H,6H2,1-5H3. The molecule has 0 amide bonds. The maximum absolute atomic E-state index is 4.79. The monoisotopic (exact) mass is 230 g/mol. The molecule has 0 saturated carbocycles. The van der Waals surface area contributed by atoms with E-state index in [1.807, 2.05) is 0 Å². The number of hydrogen-bond acceptors (Lipinski definition) is 1. The van der Waals surface area contributed by atoms with Gasteiger partial charge in [-0.05, 0) is 32.4 Å². The summed E-state index contributed by atoms with van der Waals surface area (Å²) in [6.45, 7) is 11.2. The van der Waals surface area contributed by atoms with Crippen molar-refractivity contribution in [2.24, 2.45) is 0 Å². The van der Waals surface area contributed by atoms with Crippen LogP contribution in [0.15, 0.2) is 24.3 Å². The number of imidazole rings is 1. The molecular weight excluding hydrogens is 208 g/mol. The fourth-order valence-corrected chi connectivity index (χ4v) is 2.23. The number of hydrogen-bond donors (Lipinski definition) is 0. The lowest BCUT2D eigenvalue weighted by Gasteiger charge is -2.29. The molecule has 17 heavy (non-hydrogen) atoms. The fourth-order valence-electron chi connectivity index (χ4n) is 2.23. The van der Waals surface area contributed by atoms with Crippen LogP contribution in [0.5, 0.6) is 0 Å². The Morgan fingerprint density at radius 2 is 1.88 bits per heavy atom. The van der Waals surface area contributed by atoms with E-state index in [4.69, 9.17) is 4.98 Å². The number of benzene rings is 1. The summed E-state index contributed by atoms with van der Waals surface area (Å²) in [6, 6.07) is 8.42. The summed E-state index contributed by atoms with van der Waals surface area (Å²) in [5.74, 6) is 1.64. The summed E-state index contributed by atoms with van der Waals surface area (Å²) in [4.78, 5) is 4.79. The Balaban J connectivity index is 2.77. The van der Waals surface area contributed by atoms with E-state index >= 15 is 0 Å². The predicted octanol–water partition coefficient (Wildman–Crippen LogP) is 4.30. The van der Waals surface area contributed by atoms with Crippen molar-refractivity contribution in [2.75, 3.05) is 0 Å². The number of para-hydroxylation sites is 2. The lowest BCUT2D eigenvalue weighted by Crippen LogP contribution is -2.27. The minimum absolute atomic E-state index is 0.121. The molecule has 0 atom stereocenters. The molecule has 0 unspecified atom stereocenters. The number of fused-ring (bicyclic) bond motifs is 1. The van der Waals surface area contributed by atoms with Crippen molar-refractivity contribution in [2.45, 2.75) is 52.5 Å². The summed E-state index contributed by atoms with van der Waals surface area (Å²) in [5, 5.41) is 0. The van der Waals surface area contributed by atoms with Crippen molar-refractivity contribution in [3.63, 3.8) is 0 Å². The molecule has 1 aromatic carbocycles. The van der Waals surface area contributed by atoms with Gasteiger partial charge in [-0.15, -0.1) is 0 Å². The van der Waals surface area contributed by atoms with E-state index in [1.54, 1.807) is 0 Å². The second-order valence-electron chi connectivity index (χ2n) is 5.61. The van der Waals surface area contributed by atoms with Crippen LogP contribution >= 0.6 is 0 Å². The summed E-state index contributed by atoms with van der Waals surface area (Å²) < 4.78 is 2.41. The number of aromatic nitrogens is 2. The molecule has 1 aromatic heterocycles. The van der Waals surface area contributed by atoms with E-state index in [0.717, 1.165) is 11.9 Å². The molecule has 0 fully saturated rings. The molecule has 0 N–H and O–H groups in total. The predicted molar refractivity (Wildman–Crippen MR) is 73.4 cm³/mol.